The Morgan fingerprint density at radius 2 is 2.05 bits per heavy atom. The summed E-state index contributed by atoms with van der Waals surface area (Å²) >= 11 is 0. The third kappa shape index (κ3) is 1.86. The first kappa shape index (κ1) is 11.5. The van der Waals surface area contributed by atoms with Crippen LogP contribution in [0.4, 0.5) is 5.95 Å². The molecule has 8 heteroatoms. The maximum Gasteiger partial charge on any atom is 0.328 e. The summed E-state index contributed by atoms with van der Waals surface area (Å²) in [6.07, 6.45) is 0. The number of nitrogens with zero attached hydrogens (tertiary/aromatic N) is 5. The van der Waals surface area contributed by atoms with E-state index in [-0.39, 0.29) is 5.69 Å². The molecule has 0 aliphatic rings. The highest BCUT2D eigenvalue weighted by atomic mass is 16.1. The number of aromatic nitrogens is 6. The van der Waals surface area contributed by atoms with Crippen LogP contribution in [0.1, 0.15) is 5.56 Å². The summed E-state index contributed by atoms with van der Waals surface area (Å²) in [6.45, 7) is 0.568. The third-order valence-corrected chi connectivity index (χ3v) is 3.13. The molecule has 0 saturated carbocycles. The fourth-order valence-corrected chi connectivity index (χ4v) is 2.08. The van der Waals surface area contributed by atoms with E-state index in [0.717, 1.165) is 16.6 Å². The molecule has 0 spiro atoms. The van der Waals surface area contributed by atoms with E-state index >= 15 is 0 Å². The molecular formula is C11H13N7O. The van der Waals surface area contributed by atoms with Crippen LogP contribution < -0.4 is 11.0 Å². The van der Waals surface area contributed by atoms with Crippen molar-refractivity contribution in [2.45, 2.75) is 6.54 Å². The fourth-order valence-electron chi connectivity index (χ4n) is 2.08. The Hall–Kier alpha value is -2.64. The molecule has 0 amide bonds. The van der Waals surface area contributed by atoms with Gasteiger partial charge in [0.05, 0.1) is 11.0 Å². The predicted octanol–water partition coefficient (Wildman–Crippen LogP) is 0.00220. The Morgan fingerprint density at radius 1 is 1.26 bits per heavy atom. The lowest BCUT2D eigenvalue weighted by Gasteiger charge is -2.03. The van der Waals surface area contributed by atoms with E-state index in [1.807, 2.05) is 18.2 Å². The number of H-pyrrole nitrogens is 1. The van der Waals surface area contributed by atoms with Gasteiger partial charge in [0.2, 0.25) is 0 Å². The number of anilines is 1. The highest BCUT2D eigenvalue weighted by molar-refractivity contribution is 5.76. The van der Waals surface area contributed by atoms with E-state index in [2.05, 4.69) is 25.9 Å². The number of aromatic amines is 1. The fraction of sp³-hybridized carbons (Fsp3) is 0.273. The molecule has 8 nitrogen and oxygen atoms in total. The van der Waals surface area contributed by atoms with Crippen molar-refractivity contribution >= 4 is 17.0 Å². The highest BCUT2D eigenvalue weighted by Gasteiger charge is 2.08. The molecule has 0 atom stereocenters. The van der Waals surface area contributed by atoms with Gasteiger partial charge in [-0.3, -0.25) is 9.13 Å². The van der Waals surface area contributed by atoms with Gasteiger partial charge in [0, 0.05) is 20.6 Å². The molecule has 0 aliphatic carbocycles. The van der Waals surface area contributed by atoms with Crippen molar-refractivity contribution < 1.29 is 0 Å². The monoisotopic (exact) mass is 259 g/mol. The lowest BCUT2D eigenvalue weighted by Crippen LogP contribution is -2.19. The molecule has 0 saturated heterocycles. The molecule has 98 valence electrons. The van der Waals surface area contributed by atoms with Crippen molar-refractivity contribution in [3.8, 4) is 0 Å². The van der Waals surface area contributed by atoms with E-state index in [4.69, 9.17) is 0 Å². The summed E-state index contributed by atoms with van der Waals surface area (Å²) < 4.78 is 3.26. The van der Waals surface area contributed by atoms with Gasteiger partial charge in [-0.25, -0.2) is 4.79 Å². The number of hydrogen-bond donors (Lipinski definition) is 2. The number of rotatable bonds is 3. The smallest absolute Gasteiger partial charge is 0.328 e. The first-order valence-corrected chi connectivity index (χ1v) is 5.78. The number of nitrogens with one attached hydrogen (secondary N) is 2. The molecule has 2 heterocycles. The SMILES string of the molecule is Cn1c(=O)n(C)c2cc(CNc3nn[nH]n3)ccc21. The third-order valence-electron chi connectivity index (χ3n) is 3.13. The first-order valence-electron chi connectivity index (χ1n) is 5.78. The van der Waals surface area contributed by atoms with Gasteiger partial charge in [0.15, 0.2) is 0 Å². The standard InChI is InChI=1S/C11H13N7O/c1-17-8-4-3-7(5-9(8)18(2)11(17)19)6-12-10-13-15-16-14-10/h3-5H,6H2,1-2H3,(H2,12,13,14,15,16). The molecule has 19 heavy (non-hydrogen) atoms. The summed E-state index contributed by atoms with van der Waals surface area (Å²) in [4.78, 5) is 11.8. The van der Waals surface area contributed by atoms with Crippen LogP contribution in [-0.4, -0.2) is 29.8 Å². The summed E-state index contributed by atoms with van der Waals surface area (Å²) in [6, 6.07) is 5.88. The van der Waals surface area contributed by atoms with E-state index in [1.165, 1.54) is 0 Å². The second-order valence-corrected chi connectivity index (χ2v) is 4.31. The minimum atomic E-state index is -0.0294. The second-order valence-electron chi connectivity index (χ2n) is 4.31. The Morgan fingerprint density at radius 3 is 2.79 bits per heavy atom. The van der Waals surface area contributed by atoms with Crippen molar-refractivity contribution in [2.24, 2.45) is 14.1 Å². The van der Waals surface area contributed by atoms with Crippen molar-refractivity contribution in [1.82, 2.24) is 29.8 Å². The van der Waals surface area contributed by atoms with Crippen LogP contribution in [0.25, 0.3) is 11.0 Å². The van der Waals surface area contributed by atoms with Crippen LogP contribution in [0.2, 0.25) is 0 Å². The zero-order valence-corrected chi connectivity index (χ0v) is 10.6. The van der Waals surface area contributed by atoms with Crippen molar-refractivity contribution in [2.75, 3.05) is 5.32 Å². The average Bonchev–Trinajstić information content (AvgIpc) is 3.01. The van der Waals surface area contributed by atoms with Crippen molar-refractivity contribution in [3.63, 3.8) is 0 Å². The number of fused-ring (bicyclic) bond motifs is 1. The van der Waals surface area contributed by atoms with E-state index < -0.39 is 0 Å². The molecule has 2 N–H and O–H groups in total. The topological polar surface area (TPSA) is 93.4 Å². The lowest BCUT2D eigenvalue weighted by atomic mass is 10.2. The molecule has 3 rings (SSSR count). The summed E-state index contributed by atoms with van der Waals surface area (Å²) in [7, 11) is 3.53. The summed E-state index contributed by atoms with van der Waals surface area (Å²) in [5.74, 6) is 0.446. The Balaban J connectivity index is 1.93. The zero-order valence-electron chi connectivity index (χ0n) is 10.6. The number of tetrazole rings is 1. The Bertz CT molecular complexity index is 768. The molecule has 0 unspecified atom stereocenters. The maximum atomic E-state index is 11.8. The quantitative estimate of drug-likeness (QED) is 0.690. The van der Waals surface area contributed by atoms with Gasteiger partial charge < -0.3 is 5.32 Å². The van der Waals surface area contributed by atoms with E-state index in [9.17, 15) is 4.79 Å². The minimum absolute atomic E-state index is 0.0294. The Labute approximate surface area is 108 Å². The van der Waals surface area contributed by atoms with Gasteiger partial charge in [-0.2, -0.15) is 5.21 Å². The number of benzene rings is 1. The normalized spacial score (nSPS) is 11.1. The number of imidazole rings is 1. The summed E-state index contributed by atoms with van der Waals surface area (Å²) in [5.41, 5.74) is 2.83. The van der Waals surface area contributed by atoms with Gasteiger partial charge >= 0.3 is 5.69 Å². The number of aryl methyl sites for hydroxylation is 2. The van der Waals surface area contributed by atoms with Gasteiger partial charge in [-0.05, 0) is 22.9 Å². The second kappa shape index (κ2) is 4.23. The molecule has 1 aromatic carbocycles. The minimum Gasteiger partial charge on any atom is -0.348 e. The average molecular weight is 259 g/mol. The van der Waals surface area contributed by atoms with Crippen LogP contribution in [0.15, 0.2) is 23.0 Å². The molecule has 0 aliphatic heterocycles. The lowest BCUT2D eigenvalue weighted by molar-refractivity contribution is 0.795. The van der Waals surface area contributed by atoms with E-state index in [1.54, 1.807) is 23.2 Å². The number of hydrogen-bond acceptors (Lipinski definition) is 5. The van der Waals surface area contributed by atoms with E-state index in [0.29, 0.717) is 12.5 Å². The van der Waals surface area contributed by atoms with Crippen molar-refractivity contribution in [3.05, 3.63) is 34.2 Å². The van der Waals surface area contributed by atoms with Crippen molar-refractivity contribution in [1.29, 1.82) is 0 Å². The predicted molar refractivity (Wildman–Crippen MR) is 69.7 cm³/mol. The summed E-state index contributed by atoms with van der Waals surface area (Å²) in [5, 5.41) is 16.5. The molecule has 0 fully saturated rings. The van der Waals surface area contributed by atoms with Crippen LogP contribution in [0, 0.1) is 0 Å². The van der Waals surface area contributed by atoms with Crippen LogP contribution >= 0.6 is 0 Å². The van der Waals surface area contributed by atoms with Crippen LogP contribution in [0.5, 0.6) is 0 Å². The zero-order chi connectivity index (χ0) is 13.4. The largest absolute Gasteiger partial charge is 0.348 e. The first-order chi connectivity index (χ1) is 9.16. The van der Waals surface area contributed by atoms with Gasteiger partial charge in [0.1, 0.15) is 0 Å². The molecule has 3 aromatic rings. The van der Waals surface area contributed by atoms with Crippen LogP contribution in [0.3, 0.4) is 0 Å². The molecule has 0 radical (unpaired) electrons. The molecule has 0 bridgehead atoms. The molecular weight excluding hydrogens is 246 g/mol. The maximum absolute atomic E-state index is 11.8. The van der Waals surface area contributed by atoms with Gasteiger partial charge in [0.25, 0.3) is 5.95 Å². The highest BCUT2D eigenvalue weighted by Crippen LogP contribution is 2.14. The van der Waals surface area contributed by atoms with Crippen LogP contribution in [-0.2, 0) is 20.6 Å². The van der Waals surface area contributed by atoms with Gasteiger partial charge in [-0.15, -0.1) is 5.10 Å². The Kier molecular flexibility index (Phi) is 2.55. The van der Waals surface area contributed by atoms with Gasteiger partial charge in [-0.1, -0.05) is 11.2 Å². The molecule has 2 aromatic heterocycles.